The van der Waals surface area contributed by atoms with E-state index < -0.39 is 11.6 Å². The lowest BCUT2D eigenvalue weighted by atomic mass is 9.93. The number of hydrogen-bond donors (Lipinski definition) is 2. The van der Waals surface area contributed by atoms with Crippen LogP contribution in [0.5, 0.6) is 40.2 Å². The van der Waals surface area contributed by atoms with Gasteiger partial charge in [0.25, 0.3) is 0 Å². The highest BCUT2D eigenvalue weighted by molar-refractivity contribution is 6.14. The normalized spacial score (nSPS) is 14.7. The Kier molecular flexibility index (Phi) is 6.06. The Morgan fingerprint density at radius 1 is 0.829 bits per heavy atom. The summed E-state index contributed by atoms with van der Waals surface area (Å²) < 4.78 is 33.8. The number of aryl methyl sites for hydroxylation is 1. The molecule has 0 saturated heterocycles. The first kappa shape index (κ1) is 26.1. The van der Waals surface area contributed by atoms with E-state index in [1.165, 1.54) is 33.5 Å². The summed E-state index contributed by atoms with van der Waals surface area (Å²) in [6, 6.07) is 9.67. The fraction of sp³-hybridized carbons (Fsp3) is 0.226. The van der Waals surface area contributed by atoms with E-state index in [-0.39, 0.29) is 50.8 Å². The molecular weight excluding hydrogens is 532 g/mol. The maximum atomic E-state index is 13.3. The molecule has 1 unspecified atom stereocenters. The van der Waals surface area contributed by atoms with Crippen LogP contribution in [0.15, 0.2) is 45.6 Å². The molecule has 1 aromatic heterocycles. The van der Waals surface area contributed by atoms with Crippen molar-refractivity contribution in [2.24, 2.45) is 0 Å². The lowest BCUT2D eigenvalue weighted by Gasteiger charge is -2.24. The summed E-state index contributed by atoms with van der Waals surface area (Å²) in [6.45, 7) is 3.40. The molecular formula is C31H26O10. The molecule has 210 valence electrons. The Bertz CT molecular complexity index is 1970. The highest BCUT2D eigenvalue weighted by Crippen LogP contribution is 2.50. The quantitative estimate of drug-likeness (QED) is 0.203. The van der Waals surface area contributed by atoms with E-state index in [4.69, 9.17) is 28.1 Å². The van der Waals surface area contributed by atoms with Crippen LogP contribution in [0.25, 0.3) is 32.3 Å². The molecule has 2 N–H and O–H groups in total. The van der Waals surface area contributed by atoms with E-state index in [9.17, 15) is 19.8 Å². The number of carbonyl (C=O) groups excluding carboxylic acids is 1. The number of phenols is 2. The average Bonchev–Trinajstić information content (AvgIpc) is 2.91. The molecule has 0 bridgehead atoms. The summed E-state index contributed by atoms with van der Waals surface area (Å²) in [4.78, 5) is 26.1. The van der Waals surface area contributed by atoms with Crippen molar-refractivity contribution in [3.05, 3.63) is 63.7 Å². The predicted octanol–water partition coefficient (Wildman–Crippen LogP) is 5.74. The third-order valence-electron chi connectivity index (χ3n) is 7.25. The SMILES string of the molecule is COc1cc(Oc2c3c(O)cc(OC)cc3c(OC)c3cc(C)oc(=O)c23)c2c(O)c3c(cc2c1)CC(C)OC3=O. The van der Waals surface area contributed by atoms with Crippen LogP contribution in [0, 0.1) is 6.92 Å². The minimum absolute atomic E-state index is 0.00192. The second-order valence-corrected chi connectivity index (χ2v) is 9.87. The van der Waals surface area contributed by atoms with Crippen molar-refractivity contribution in [3.63, 3.8) is 0 Å². The molecule has 0 amide bonds. The monoisotopic (exact) mass is 558 g/mol. The molecule has 5 aromatic rings. The Hall–Kier alpha value is -5.12. The van der Waals surface area contributed by atoms with Crippen LogP contribution in [0.1, 0.15) is 28.6 Å². The maximum Gasteiger partial charge on any atom is 0.347 e. The minimum Gasteiger partial charge on any atom is -0.507 e. The second-order valence-electron chi connectivity index (χ2n) is 9.87. The van der Waals surface area contributed by atoms with Gasteiger partial charge in [-0.15, -0.1) is 0 Å². The first-order valence-electron chi connectivity index (χ1n) is 12.8. The Labute approximate surface area is 233 Å². The van der Waals surface area contributed by atoms with Crippen molar-refractivity contribution in [1.29, 1.82) is 0 Å². The van der Waals surface area contributed by atoms with Gasteiger partial charge in [0.2, 0.25) is 0 Å². The molecule has 0 fully saturated rings. The van der Waals surface area contributed by atoms with Gasteiger partial charge in [0.15, 0.2) is 5.75 Å². The number of esters is 1. The predicted molar refractivity (Wildman–Crippen MR) is 150 cm³/mol. The lowest BCUT2D eigenvalue weighted by Crippen LogP contribution is -2.25. The van der Waals surface area contributed by atoms with Crippen LogP contribution in [-0.2, 0) is 11.2 Å². The number of carbonyl (C=O) groups is 1. The van der Waals surface area contributed by atoms with Gasteiger partial charge in [0.05, 0.1) is 32.1 Å². The van der Waals surface area contributed by atoms with Crippen LogP contribution in [0.3, 0.4) is 0 Å². The second kappa shape index (κ2) is 9.51. The molecule has 4 aromatic carbocycles. The van der Waals surface area contributed by atoms with Gasteiger partial charge in [-0.05, 0) is 49.1 Å². The van der Waals surface area contributed by atoms with Gasteiger partial charge in [0, 0.05) is 29.3 Å². The Morgan fingerprint density at radius 2 is 1.54 bits per heavy atom. The number of methoxy groups -OCH3 is 3. The van der Waals surface area contributed by atoms with Crippen molar-refractivity contribution in [3.8, 4) is 40.2 Å². The zero-order chi connectivity index (χ0) is 29.2. The zero-order valence-corrected chi connectivity index (χ0v) is 22.9. The molecule has 0 saturated carbocycles. The number of aromatic hydroxyl groups is 2. The first-order chi connectivity index (χ1) is 19.6. The molecule has 0 spiro atoms. The smallest absolute Gasteiger partial charge is 0.347 e. The summed E-state index contributed by atoms with van der Waals surface area (Å²) in [5.74, 6) is 0.168. The van der Waals surface area contributed by atoms with E-state index in [0.29, 0.717) is 51.2 Å². The van der Waals surface area contributed by atoms with Crippen LogP contribution in [0.2, 0.25) is 0 Å². The van der Waals surface area contributed by atoms with Gasteiger partial charge in [-0.3, -0.25) is 0 Å². The Morgan fingerprint density at radius 3 is 2.24 bits per heavy atom. The van der Waals surface area contributed by atoms with Crippen molar-refractivity contribution >= 4 is 38.3 Å². The number of ether oxygens (including phenoxy) is 5. The molecule has 0 radical (unpaired) electrons. The largest absolute Gasteiger partial charge is 0.507 e. The average molecular weight is 559 g/mol. The van der Waals surface area contributed by atoms with Crippen LogP contribution in [-0.4, -0.2) is 43.6 Å². The van der Waals surface area contributed by atoms with Crippen LogP contribution >= 0.6 is 0 Å². The molecule has 0 aliphatic carbocycles. The number of hydrogen-bond acceptors (Lipinski definition) is 10. The van der Waals surface area contributed by atoms with E-state index in [1.807, 2.05) is 0 Å². The molecule has 2 heterocycles. The zero-order valence-electron chi connectivity index (χ0n) is 22.9. The number of rotatable bonds is 5. The molecule has 41 heavy (non-hydrogen) atoms. The van der Waals surface area contributed by atoms with Gasteiger partial charge in [-0.2, -0.15) is 0 Å². The summed E-state index contributed by atoms with van der Waals surface area (Å²) in [5, 5.41) is 24.2. The highest BCUT2D eigenvalue weighted by atomic mass is 16.5. The van der Waals surface area contributed by atoms with Crippen molar-refractivity contribution in [2.45, 2.75) is 26.4 Å². The summed E-state index contributed by atoms with van der Waals surface area (Å²) in [5.41, 5.74) is -0.0614. The van der Waals surface area contributed by atoms with Crippen LogP contribution in [0.4, 0.5) is 0 Å². The highest BCUT2D eigenvalue weighted by Gasteiger charge is 2.31. The standard InChI is InChI=1S/C31H26O10/c1-13-6-15-8-16-9-17(36-3)12-22(23(16)27(33)24(15)30(34)39-13)41-29-25-20(10-18(37-4)11-21(25)32)28(38-5)19-7-14(2)40-31(35)26(19)29/h7-13,32-33H,6H2,1-5H3. The third-order valence-corrected chi connectivity index (χ3v) is 7.25. The minimum atomic E-state index is -0.725. The molecule has 6 rings (SSSR count). The molecule has 1 aliphatic rings. The lowest BCUT2D eigenvalue weighted by molar-refractivity contribution is 0.0297. The number of cyclic esters (lactones) is 1. The van der Waals surface area contributed by atoms with Gasteiger partial charge in [0.1, 0.15) is 57.3 Å². The van der Waals surface area contributed by atoms with Crippen LogP contribution < -0.4 is 24.6 Å². The summed E-state index contributed by atoms with van der Waals surface area (Å²) in [6.07, 6.45) is 0.0646. The topological polar surface area (TPSA) is 134 Å². The van der Waals surface area contributed by atoms with E-state index >= 15 is 0 Å². The summed E-state index contributed by atoms with van der Waals surface area (Å²) >= 11 is 0. The number of fused-ring (bicyclic) bond motifs is 4. The fourth-order valence-corrected chi connectivity index (χ4v) is 5.54. The number of benzene rings is 4. The van der Waals surface area contributed by atoms with Gasteiger partial charge in [-0.1, -0.05) is 0 Å². The Balaban J connectivity index is 1.74. The van der Waals surface area contributed by atoms with Crippen molar-refractivity contribution < 1.29 is 43.1 Å². The van der Waals surface area contributed by atoms with E-state index in [1.54, 1.807) is 38.1 Å². The number of phenolic OH excluding ortho intramolecular Hbond substituents is 2. The maximum absolute atomic E-state index is 13.3. The summed E-state index contributed by atoms with van der Waals surface area (Å²) in [7, 11) is 4.39. The third kappa shape index (κ3) is 4.02. The molecule has 10 heteroatoms. The molecule has 1 atom stereocenters. The first-order valence-corrected chi connectivity index (χ1v) is 12.8. The van der Waals surface area contributed by atoms with Crippen molar-refractivity contribution in [2.75, 3.05) is 21.3 Å². The molecule has 1 aliphatic heterocycles. The van der Waals surface area contributed by atoms with Gasteiger partial charge in [-0.25, -0.2) is 9.59 Å². The van der Waals surface area contributed by atoms with Gasteiger partial charge < -0.3 is 38.3 Å². The van der Waals surface area contributed by atoms with E-state index in [0.717, 1.165) is 0 Å². The van der Waals surface area contributed by atoms with Crippen molar-refractivity contribution in [1.82, 2.24) is 0 Å². The fourth-order valence-electron chi connectivity index (χ4n) is 5.54. The van der Waals surface area contributed by atoms with Gasteiger partial charge >= 0.3 is 11.6 Å². The molecule has 10 nitrogen and oxygen atoms in total. The van der Waals surface area contributed by atoms with E-state index in [2.05, 4.69) is 0 Å².